The minimum Gasteiger partial charge on any atom is -0.465 e. The number of nitrogens with one attached hydrogen (secondary N) is 2. The Hall–Kier alpha value is -2.16. The number of unbranched alkanes of at least 4 members (excludes halogenated alkanes) is 2. The molecule has 1 aromatic rings. The van der Waals surface area contributed by atoms with E-state index in [-0.39, 0.29) is 18.4 Å². The standard InChI is InChI=1S/C14H25N5O4/c1-2-3-7-16-10(6-4-5-8-17-14(21)22)13-19-18-12(23-13)9-11(15)20/h10,16-17H,2-9H2,1H3,(H2,15,20)(H,21,22). The lowest BCUT2D eigenvalue weighted by Crippen LogP contribution is -2.24. The van der Waals surface area contributed by atoms with Crippen LogP contribution in [-0.4, -0.2) is 40.4 Å². The van der Waals surface area contributed by atoms with E-state index in [4.69, 9.17) is 15.3 Å². The number of aromatic nitrogens is 2. The Balaban J connectivity index is 2.51. The van der Waals surface area contributed by atoms with Crippen molar-refractivity contribution in [3.8, 4) is 0 Å². The molecular weight excluding hydrogens is 302 g/mol. The molecule has 1 heterocycles. The molecule has 0 aliphatic rings. The molecule has 0 saturated carbocycles. The number of amides is 2. The molecule has 0 aliphatic heterocycles. The van der Waals surface area contributed by atoms with Gasteiger partial charge in [0.1, 0.15) is 6.42 Å². The Morgan fingerprint density at radius 1 is 1.26 bits per heavy atom. The van der Waals surface area contributed by atoms with E-state index in [1.165, 1.54) is 0 Å². The molecule has 2 amide bonds. The van der Waals surface area contributed by atoms with Crippen LogP contribution >= 0.6 is 0 Å². The average molecular weight is 327 g/mol. The van der Waals surface area contributed by atoms with Gasteiger partial charge < -0.3 is 25.9 Å². The predicted octanol–water partition coefficient (Wildman–Crippen LogP) is 0.966. The van der Waals surface area contributed by atoms with Crippen LogP contribution in [-0.2, 0) is 11.2 Å². The van der Waals surface area contributed by atoms with Crippen molar-refractivity contribution in [1.82, 2.24) is 20.8 Å². The zero-order chi connectivity index (χ0) is 17.1. The minimum atomic E-state index is -1.02. The Bertz CT molecular complexity index is 491. The van der Waals surface area contributed by atoms with Gasteiger partial charge in [-0.1, -0.05) is 13.3 Å². The van der Waals surface area contributed by atoms with Crippen molar-refractivity contribution in [2.75, 3.05) is 13.1 Å². The van der Waals surface area contributed by atoms with Gasteiger partial charge in [-0.25, -0.2) is 4.79 Å². The van der Waals surface area contributed by atoms with E-state index in [1.54, 1.807) is 0 Å². The van der Waals surface area contributed by atoms with Crippen molar-refractivity contribution in [3.63, 3.8) is 0 Å². The second-order valence-electron chi connectivity index (χ2n) is 5.27. The van der Waals surface area contributed by atoms with Crippen LogP contribution in [0.4, 0.5) is 4.79 Å². The Kier molecular flexibility index (Phi) is 8.66. The molecule has 23 heavy (non-hydrogen) atoms. The number of primary amides is 1. The van der Waals surface area contributed by atoms with Crippen LogP contribution in [0, 0.1) is 0 Å². The van der Waals surface area contributed by atoms with Crippen molar-refractivity contribution in [3.05, 3.63) is 11.8 Å². The highest BCUT2D eigenvalue weighted by molar-refractivity contribution is 5.75. The summed E-state index contributed by atoms with van der Waals surface area (Å²) in [7, 11) is 0. The molecule has 1 unspecified atom stereocenters. The normalized spacial score (nSPS) is 12.0. The first-order chi connectivity index (χ1) is 11.0. The van der Waals surface area contributed by atoms with Crippen LogP contribution in [0.5, 0.6) is 0 Å². The van der Waals surface area contributed by atoms with E-state index in [0.717, 1.165) is 38.6 Å². The van der Waals surface area contributed by atoms with Crippen LogP contribution in [0.15, 0.2) is 4.42 Å². The van der Waals surface area contributed by atoms with E-state index in [2.05, 4.69) is 27.8 Å². The quantitative estimate of drug-likeness (QED) is 0.419. The molecule has 0 bridgehead atoms. The molecule has 5 N–H and O–H groups in total. The first-order valence-corrected chi connectivity index (χ1v) is 7.83. The summed E-state index contributed by atoms with van der Waals surface area (Å²) in [5.41, 5.74) is 5.11. The second kappa shape index (κ2) is 10.5. The van der Waals surface area contributed by atoms with Crippen LogP contribution in [0.25, 0.3) is 0 Å². The van der Waals surface area contributed by atoms with E-state index in [0.29, 0.717) is 12.4 Å². The number of nitrogens with zero attached hydrogens (tertiary/aromatic N) is 2. The molecule has 0 saturated heterocycles. The van der Waals surface area contributed by atoms with Crippen LogP contribution < -0.4 is 16.4 Å². The summed E-state index contributed by atoms with van der Waals surface area (Å²) in [5, 5.41) is 22.0. The summed E-state index contributed by atoms with van der Waals surface area (Å²) in [4.78, 5) is 21.3. The molecular formula is C14H25N5O4. The van der Waals surface area contributed by atoms with Gasteiger partial charge in [0.05, 0.1) is 6.04 Å². The van der Waals surface area contributed by atoms with Crippen molar-refractivity contribution in [2.45, 2.75) is 51.5 Å². The second-order valence-corrected chi connectivity index (χ2v) is 5.27. The fraction of sp³-hybridized carbons (Fsp3) is 0.714. The Morgan fingerprint density at radius 2 is 2.04 bits per heavy atom. The summed E-state index contributed by atoms with van der Waals surface area (Å²) in [6, 6.07) is -0.111. The van der Waals surface area contributed by atoms with Crippen LogP contribution in [0.2, 0.25) is 0 Å². The highest BCUT2D eigenvalue weighted by Crippen LogP contribution is 2.18. The maximum Gasteiger partial charge on any atom is 0.404 e. The summed E-state index contributed by atoms with van der Waals surface area (Å²) >= 11 is 0. The minimum absolute atomic E-state index is 0.0722. The number of carbonyl (C=O) groups excluding carboxylic acids is 1. The lowest BCUT2D eigenvalue weighted by atomic mass is 10.1. The SMILES string of the molecule is CCCCNC(CCCCNC(=O)O)c1nnc(CC(N)=O)o1. The molecule has 0 aromatic carbocycles. The molecule has 1 atom stereocenters. The zero-order valence-electron chi connectivity index (χ0n) is 13.4. The molecule has 130 valence electrons. The molecule has 9 heteroatoms. The van der Waals surface area contributed by atoms with E-state index < -0.39 is 12.0 Å². The summed E-state index contributed by atoms with van der Waals surface area (Å²) in [6.45, 7) is 3.34. The van der Waals surface area contributed by atoms with Gasteiger partial charge in [-0.15, -0.1) is 10.2 Å². The van der Waals surface area contributed by atoms with Gasteiger partial charge in [0.15, 0.2) is 0 Å². The maximum absolute atomic E-state index is 10.9. The molecule has 1 aromatic heterocycles. The molecule has 0 fully saturated rings. The Morgan fingerprint density at radius 3 is 2.70 bits per heavy atom. The number of carboxylic acid groups (broad SMARTS) is 1. The summed E-state index contributed by atoms with van der Waals surface area (Å²) < 4.78 is 5.49. The van der Waals surface area contributed by atoms with Crippen molar-refractivity contribution in [1.29, 1.82) is 0 Å². The molecule has 0 spiro atoms. The van der Waals surface area contributed by atoms with Gasteiger partial charge in [0.25, 0.3) is 0 Å². The fourth-order valence-electron chi connectivity index (χ4n) is 2.06. The summed E-state index contributed by atoms with van der Waals surface area (Å²) in [6.07, 6.45) is 3.27. The number of rotatable bonds is 12. The van der Waals surface area contributed by atoms with Gasteiger partial charge in [0, 0.05) is 6.54 Å². The first-order valence-electron chi connectivity index (χ1n) is 7.83. The third kappa shape index (κ3) is 8.15. The lowest BCUT2D eigenvalue weighted by molar-refractivity contribution is -0.117. The van der Waals surface area contributed by atoms with E-state index in [1.807, 2.05) is 0 Å². The molecule has 1 rings (SSSR count). The number of hydrogen-bond acceptors (Lipinski definition) is 6. The van der Waals surface area contributed by atoms with Gasteiger partial charge in [0.2, 0.25) is 17.7 Å². The number of nitrogens with two attached hydrogens (primary N) is 1. The van der Waals surface area contributed by atoms with Crippen LogP contribution in [0.3, 0.4) is 0 Å². The van der Waals surface area contributed by atoms with Crippen molar-refractivity contribution < 1.29 is 19.1 Å². The fourth-order valence-corrected chi connectivity index (χ4v) is 2.06. The Labute approximate surface area is 135 Å². The topological polar surface area (TPSA) is 143 Å². The third-order valence-corrected chi connectivity index (χ3v) is 3.22. The smallest absolute Gasteiger partial charge is 0.404 e. The van der Waals surface area contributed by atoms with Crippen LogP contribution in [0.1, 0.15) is 56.9 Å². The largest absolute Gasteiger partial charge is 0.465 e. The van der Waals surface area contributed by atoms with Gasteiger partial charge in [-0.05, 0) is 32.2 Å². The zero-order valence-corrected chi connectivity index (χ0v) is 13.4. The molecule has 0 aliphatic carbocycles. The van der Waals surface area contributed by atoms with E-state index in [9.17, 15) is 9.59 Å². The number of carbonyl (C=O) groups is 2. The van der Waals surface area contributed by atoms with E-state index >= 15 is 0 Å². The molecule has 9 nitrogen and oxygen atoms in total. The molecule has 0 radical (unpaired) electrons. The monoisotopic (exact) mass is 327 g/mol. The van der Waals surface area contributed by atoms with Gasteiger partial charge in [-0.3, -0.25) is 4.79 Å². The average Bonchev–Trinajstić information content (AvgIpc) is 2.92. The predicted molar refractivity (Wildman–Crippen MR) is 82.7 cm³/mol. The summed E-state index contributed by atoms with van der Waals surface area (Å²) in [5.74, 6) is 0.126. The van der Waals surface area contributed by atoms with Crippen molar-refractivity contribution >= 4 is 12.0 Å². The number of hydrogen-bond donors (Lipinski definition) is 4. The first kappa shape index (κ1) is 18.9. The van der Waals surface area contributed by atoms with Crippen molar-refractivity contribution in [2.24, 2.45) is 5.73 Å². The van der Waals surface area contributed by atoms with Gasteiger partial charge >= 0.3 is 6.09 Å². The van der Waals surface area contributed by atoms with Gasteiger partial charge in [-0.2, -0.15) is 0 Å². The lowest BCUT2D eigenvalue weighted by Gasteiger charge is -2.14. The third-order valence-electron chi connectivity index (χ3n) is 3.22. The maximum atomic E-state index is 10.9. The highest BCUT2D eigenvalue weighted by Gasteiger charge is 2.18. The highest BCUT2D eigenvalue weighted by atomic mass is 16.4.